The summed E-state index contributed by atoms with van der Waals surface area (Å²) in [5, 5.41) is 3.77. The van der Waals surface area contributed by atoms with Crippen molar-refractivity contribution in [3.63, 3.8) is 0 Å². The monoisotopic (exact) mass is 252 g/mol. The first kappa shape index (κ1) is 12.9. The van der Waals surface area contributed by atoms with Gasteiger partial charge in [0.05, 0.1) is 12.2 Å². The highest BCUT2D eigenvalue weighted by atomic mass is 16.5. The Morgan fingerprint density at radius 3 is 2.56 bits per heavy atom. The van der Waals surface area contributed by atoms with Gasteiger partial charge in [0.25, 0.3) is 0 Å². The number of hydrogen-bond acceptors (Lipinski definition) is 3. The van der Waals surface area contributed by atoms with E-state index in [0.29, 0.717) is 11.5 Å². The average molecular weight is 252 g/mol. The molecule has 0 aromatic rings. The van der Waals surface area contributed by atoms with Crippen molar-refractivity contribution >= 4 is 0 Å². The summed E-state index contributed by atoms with van der Waals surface area (Å²) in [5.41, 5.74) is 0.486. The molecule has 4 rings (SSSR count). The van der Waals surface area contributed by atoms with E-state index in [1.807, 2.05) is 0 Å². The fraction of sp³-hybridized carbons (Fsp3) is 1.00. The first-order valence-electron chi connectivity index (χ1n) is 7.59. The summed E-state index contributed by atoms with van der Waals surface area (Å²) in [5.74, 6) is 0.780. The Morgan fingerprint density at radius 1 is 1.28 bits per heavy atom. The lowest BCUT2D eigenvalue weighted by Crippen LogP contribution is -2.71. The van der Waals surface area contributed by atoms with Crippen molar-refractivity contribution in [2.45, 2.75) is 51.7 Å². The van der Waals surface area contributed by atoms with E-state index in [0.717, 1.165) is 25.6 Å². The van der Waals surface area contributed by atoms with Crippen molar-refractivity contribution in [3.05, 3.63) is 0 Å². The van der Waals surface area contributed by atoms with E-state index in [2.05, 4.69) is 31.0 Å². The van der Waals surface area contributed by atoms with E-state index in [1.165, 1.54) is 32.4 Å². The molecule has 4 aliphatic rings. The van der Waals surface area contributed by atoms with Crippen LogP contribution < -0.4 is 5.32 Å². The molecule has 4 saturated heterocycles. The van der Waals surface area contributed by atoms with E-state index >= 15 is 0 Å². The maximum absolute atomic E-state index is 6.39. The summed E-state index contributed by atoms with van der Waals surface area (Å²) in [4.78, 5) is 2.61. The summed E-state index contributed by atoms with van der Waals surface area (Å²) < 4.78 is 6.39. The Hall–Kier alpha value is -0.120. The first-order valence-corrected chi connectivity index (χ1v) is 7.59. The SMILES string of the molecule is CC(C)(C)CC1NCCOC12CN1CCC2CC1. The molecule has 2 atom stereocenters. The lowest BCUT2D eigenvalue weighted by Gasteiger charge is -2.58. The minimum atomic E-state index is 0.113. The normalized spacial score (nSPS) is 44.5. The molecule has 18 heavy (non-hydrogen) atoms. The van der Waals surface area contributed by atoms with Crippen molar-refractivity contribution in [2.75, 3.05) is 32.8 Å². The summed E-state index contributed by atoms with van der Waals surface area (Å²) in [6.07, 6.45) is 3.89. The molecule has 0 aromatic heterocycles. The van der Waals surface area contributed by atoms with Crippen LogP contribution in [-0.4, -0.2) is 49.3 Å². The maximum Gasteiger partial charge on any atom is 0.0990 e. The summed E-state index contributed by atoms with van der Waals surface area (Å²) in [6.45, 7) is 12.7. The van der Waals surface area contributed by atoms with Crippen LogP contribution in [0.2, 0.25) is 0 Å². The second kappa shape index (κ2) is 4.46. The number of hydrogen-bond donors (Lipinski definition) is 1. The average Bonchev–Trinajstić information content (AvgIpc) is 2.32. The molecule has 4 fully saturated rings. The molecule has 4 heterocycles. The van der Waals surface area contributed by atoms with Crippen LogP contribution >= 0.6 is 0 Å². The van der Waals surface area contributed by atoms with Crippen molar-refractivity contribution in [1.82, 2.24) is 10.2 Å². The Balaban J connectivity index is 1.82. The van der Waals surface area contributed by atoms with E-state index in [9.17, 15) is 0 Å². The van der Waals surface area contributed by atoms with Gasteiger partial charge in [-0.2, -0.15) is 0 Å². The molecule has 0 amide bonds. The number of rotatable bonds is 1. The van der Waals surface area contributed by atoms with Gasteiger partial charge in [0, 0.05) is 19.1 Å². The molecule has 1 spiro atoms. The van der Waals surface area contributed by atoms with E-state index < -0.39 is 0 Å². The topological polar surface area (TPSA) is 24.5 Å². The summed E-state index contributed by atoms with van der Waals surface area (Å²) in [6, 6.07) is 0.541. The first-order chi connectivity index (χ1) is 8.50. The van der Waals surface area contributed by atoms with Crippen LogP contribution in [0.1, 0.15) is 40.0 Å². The Bertz CT molecular complexity index is 304. The van der Waals surface area contributed by atoms with Crippen LogP contribution in [-0.2, 0) is 4.74 Å². The number of ether oxygens (including phenoxy) is 1. The number of nitrogens with one attached hydrogen (secondary N) is 1. The lowest BCUT2D eigenvalue weighted by atomic mass is 9.67. The molecule has 3 heteroatoms. The van der Waals surface area contributed by atoms with Crippen LogP contribution in [0.25, 0.3) is 0 Å². The number of fused-ring (bicyclic) bond motifs is 2. The Kier molecular flexibility index (Phi) is 3.20. The highest BCUT2D eigenvalue weighted by molar-refractivity contribution is 5.08. The summed E-state index contributed by atoms with van der Waals surface area (Å²) >= 11 is 0. The van der Waals surface area contributed by atoms with Gasteiger partial charge in [-0.05, 0) is 43.7 Å². The minimum absolute atomic E-state index is 0.113. The molecular weight excluding hydrogens is 224 g/mol. The van der Waals surface area contributed by atoms with E-state index in [-0.39, 0.29) is 5.60 Å². The van der Waals surface area contributed by atoms with Gasteiger partial charge < -0.3 is 15.0 Å². The molecule has 0 saturated carbocycles. The van der Waals surface area contributed by atoms with Crippen LogP contribution in [0, 0.1) is 11.3 Å². The number of nitrogens with zero attached hydrogens (tertiary/aromatic N) is 1. The standard InChI is InChI=1S/C15H28N2O/c1-14(2,3)10-13-15(18-9-6-16-13)11-17-7-4-12(15)5-8-17/h12-13,16H,4-11H2,1-3H3. The van der Waals surface area contributed by atoms with Crippen LogP contribution in [0.3, 0.4) is 0 Å². The molecule has 0 radical (unpaired) electrons. The maximum atomic E-state index is 6.39. The van der Waals surface area contributed by atoms with Gasteiger partial charge in [0.1, 0.15) is 0 Å². The van der Waals surface area contributed by atoms with Gasteiger partial charge in [-0.25, -0.2) is 0 Å². The predicted molar refractivity (Wildman–Crippen MR) is 73.7 cm³/mol. The van der Waals surface area contributed by atoms with Crippen LogP contribution in [0.15, 0.2) is 0 Å². The molecule has 0 aromatic carbocycles. The van der Waals surface area contributed by atoms with E-state index in [1.54, 1.807) is 0 Å². The van der Waals surface area contributed by atoms with Gasteiger partial charge in [0.15, 0.2) is 0 Å². The third kappa shape index (κ3) is 2.21. The molecule has 2 bridgehead atoms. The van der Waals surface area contributed by atoms with Crippen molar-refractivity contribution in [1.29, 1.82) is 0 Å². The zero-order valence-corrected chi connectivity index (χ0v) is 12.2. The van der Waals surface area contributed by atoms with Gasteiger partial charge in [-0.15, -0.1) is 0 Å². The zero-order chi connectivity index (χ0) is 12.8. The zero-order valence-electron chi connectivity index (χ0n) is 12.2. The fourth-order valence-corrected chi connectivity index (χ4v) is 4.22. The fourth-order valence-electron chi connectivity index (χ4n) is 4.22. The second-order valence-corrected chi connectivity index (χ2v) is 7.63. The predicted octanol–water partition coefficient (Wildman–Crippen LogP) is 1.88. The molecule has 104 valence electrons. The Morgan fingerprint density at radius 2 is 2.00 bits per heavy atom. The molecular formula is C15H28N2O. The third-order valence-electron chi connectivity index (χ3n) is 5.02. The van der Waals surface area contributed by atoms with Gasteiger partial charge >= 0.3 is 0 Å². The van der Waals surface area contributed by atoms with Crippen LogP contribution in [0.4, 0.5) is 0 Å². The largest absolute Gasteiger partial charge is 0.370 e. The third-order valence-corrected chi connectivity index (χ3v) is 5.02. The van der Waals surface area contributed by atoms with Crippen molar-refractivity contribution < 1.29 is 4.74 Å². The highest BCUT2D eigenvalue weighted by Crippen LogP contribution is 2.44. The molecule has 1 N–H and O–H groups in total. The van der Waals surface area contributed by atoms with Gasteiger partial charge in [-0.3, -0.25) is 0 Å². The van der Waals surface area contributed by atoms with Crippen molar-refractivity contribution in [2.24, 2.45) is 11.3 Å². The molecule has 2 unspecified atom stereocenters. The Labute approximate surface area is 111 Å². The highest BCUT2D eigenvalue weighted by Gasteiger charge is 2.54. The molecule has 3 nitrogen and oxygen atoms in total. The molecule has 0 aliphatic carbocycles. The quantitative estimate of drug-likeness (QED) is 0.771. The number of morpholine rings is 1. The van der Waals surface area contributed by atoms with Gasteiger partial charge in [0.2, 0.25) is 0 Å². The lowest BCUT2D eigenvalue weighted by molar-refractivity contribution is -0.191. The summed E-state index contributed by atoms with van der Waals surface area (Å²) in [7, 11) is 0. The van der Waals surface area contributed by atoms with Gasteiger partial charge in [-0.1, -0.05) is 20.8 Å². The smallest absolute Gasteiger partial charge is 0.0990 e. The van der Waals surface area contributed by atoms with Crippen molar-refractivity contribution in [3.8, 4) is 0 Å². The number of piperidine rings is 3. The second-order valence-electron chi connectivity index (χ2n) is 7.63. The minimum Gasteiger partial charge on any atom is -0.370 e. The molecule has 4 aliphatic heterocycles. The van der Waals surface area contributed by atoms with Crippen LogP contribution in [0.5, 0.6) is 0 Å². The van der Waals surface area contributed by atoms with E-state index in [4.69, 9.17) is 4.74 Å².